The van der Waals surface area contributed by atoms with Crippen molar-refractivity contribution in [3.8, 4) is 0 Å². The van der Waals surface area contributed by atoms with Crippen LogP contribution < -0.4 is 10.6 Å². The maximum absolute atomic E-state index is 12.5. The van der Waals surface area contributed by atoms with Crippen molar-refractivity contribution in [2.75, 3.05) is 0 Å². The lowest BCUT2D eigenvalue weighted by molar-refractivity contribution is 0.0934. The van der Waals surface area contributed by atoms with Crippen LogP contribution in [0.5, 0.6) is 0 Å². The fraction of sp³-hybridized carbons (Fsp3) is 0.185. The summed E-state index contributed by atoms with van der Waals surface area (Å²) in [4.78, 5) is 33.4. The highest BCUT2D eigenvalue weighted by Crippen LogP contribution is 2.10. The highest BCUT2D eigenvalue weighted by Gasteiger charge is 2.12. The lowest BCUT2D eigenvalue weighted by Crippen LogP contribution is -2.34. The molecule has 1 unspecified atom stereocenters. The van der Waals surface area contributed by atoms with Gasteiger partial charge in [-0.25, -0.2) is 9.98 Å². The van der Waals surface area contributed by atoms with E-state index in [0.29, 0.717) is 36.3 Å². The van der Waals surface area contributed by atoms with Crippen molar-refractivity contribution >= 4 is 23.8 Å². The summed E-state index contributed by atoms with van der Waals surface area (Å²) in [6.45, 7) is 4.14. The molecule has 2 aromatic carbocycles. The molecule has 1 aromatic heterocycles. The third-order valence-corrected chi connectivity index (χ3v) is 5.10. The zero-order valence-electron chi connectivity index (χ0n) is 18.9. The van der Waals surface area contributed by atoms with Gasteiger partial charge in [-0.15, -0.1) is 6.58 Å². The number of benzene rings is 2. The van der Waals surface area contributed by atoms with Crippen LogP contribution in [0.3, 0.4) is 0 Å². The van der Waals surface area contributed by atoms with E-state index >= 15 is 0 Å². The zero-order valence-corrected chi connectivity index (χ0v) is 18.9. The molecule has 0 fully saturated rings. The molecule has 0 bridgehead atoms. The van der Waals surface area contributed by atoms with E-state index in [1.54, 1.807) is 48.7 Å². The number of aromatic nitrogens is 1. The normalized spacial score (nSPS) is 11.7. The molecule has 0 saturated heterocycles. The molecule has 3 N–H and O–H groups in total. The number of carbonyl (C=O) groups excluding carboxylic acids is 2. The van der Waals surface area contributed by atoms with Crippen molar-refractivity contribution in [3.05, 3.63) is 108 Å². The molecule has 1 heterocycles. The van der Waals surface area contributed by atoms with Crippen LogP contribution in [-0.2, 0) is 13.2 Å². The fourth-order valence-corrected chi connectivity index (χ4v) is 3.20. The van der Waals surface area contributed by atoms with Gasteiger partial charge in [0.05, 0.1) is 12.2 Å². The standard InChI is InChI=1S/C27H28N4O3/c1-2-6-24(31-27(34)22-11-9-21(19-32)10-12-22)15-16-28-25-14-13-23(18-29-25)26(33)30-17-20-7-4-3-5-8-20/h2-5,7-14,16,18,24,32H,1,6,15,17,19H2,(H,30,33)(H,31,34). The van der Waals surface area contributed by atoms with Gasteiger partial charge in [-0.3, -0.25) is 9.59 Å². The first-order valence-electron chi connectivity index (χ1n) is 11.0. The van der Waals surface area contributed by atoms with Gasteiger partial charge in [-0.1, -0.05) is 48.5 Å². The third kappa shape index (κ3) is 7.50. The van der Waals surface area contributed by atoms with Crippen molar-refractivity contribution in [1.82, 2.24) is 15.6 Å². The minimum atomic E-state index is -0.201. The molecular formula is C27H28N4O3. The number of aliphatic hydroxyl groups excluding tert-OH is 1. The largest absolute Gasteiger partial charge is 0.392 e. The Kier molecular flexibility index (Phi) is 9.25. The average Bonchev–Trinajstić information content (AvgIpc) is 2.88. The molecule has 174 valence electrons. The first-order chi connectivity index (χ1) is 16.6. The van der Waals surface area contributed by atoms with Crippen LogP contribution >= 0.6 is 0 Å². The molecular weight excluding hydrogens is 428 g/mol. The van der Waals surface area contributed by atoms with Gasteiger partial charge >= 0.3 is 0 Å². The fourth-order valence-electron chi connectivity index (χ4n) is 3.20. The number of carbonyl (C=O) groups is 2. The Labute approximate surface area is 199 Å². The molecule has 2 amide bonds. The minimum absolute atomic E-state index is 0.0647. The summed E-state index contributed by atoms with van der Waals surface area (Å²) in [5.41, 5.74) is 2.75. The Morgan fingerprint density at radius 1 is 0.941 bits per heavy atom. The molecule has 3 aromatic rings. The Morgan fingerprint density at radius 2 is 1.68 bits per heavy atom. The number of aliphatic hydroxyl groups is 1. The van der Waals surface area contributed by atoms with E-state index in [2.05, 4.69) is 27.2 Å². The third-order valence-electron chi connectivity index (χ3n) is 5.10. The van der Waals surface area contributed by atoms with E-state index in [1.807, 2.05) is 30.3 Å². The molecule has 7 nitrogen and oxygen atoms in total. The minimum Gasteiger partial charge on any atom is -0.392 e. The van der Waals surface area contributed by atoms with Gasteiger partial charge in [0.1, 0.15) is 0 Å². The summed E-state index contributed by atoms with van der Waals surface area (Å²) in [6.07, 6.45) is 6.01. The first kappa shape index (κ1) is 24.5. The van der Waals surface area contributed by atoms with Gasteiger partial charge in [0.15, 0.2) is 5.82 Å². The second kappa shape index (κ2) is 12.8. The number of amides is 2. The van der Waals surface area contributed by atoms with Crippen LogP contribution in [0.4, 0.5) is 5.82 Å². The highest BCUT2D eigenvalue weighted by molar-refractivity contribution is 5.95. The smallest absolute Gasteiger partial charge is 0.253 e. The molecule has 1 atom stereocenters. The number of nitrogens with zero attached hydrogens (tertiary/aromatic N) is 2. The molecule has 0 aliphatic rings. The van der Waals surface area contributed by atoms with Crippen molar-refractivity contribution in [1.29, 1.82) is 0 Å². The Hall–Kier alpha value is -4.10. The van der Waals surface area contributed by atoms with Crippen LogP contribution in [0.1, 0.15) is 44.7 Å². The lowest BCUT2D eigenvalue weighted by atomic mass is 10.1. The van der Waals surface area contributed by atoms with Crippen molar-refractivity contribution in [2.24, 2.45) is 4.99 Å². The molecule has 0 spiro atoms. The van der Waals surface area contributed by atoms with Crippen LogP contribution in [-0.4, -0.2) is 34.2 Å². The van der Waals surface area contributed by atoms with E-state index < -0.39 is 0 Å². The summed E-state index contributed by atoms with van der Waals surface area (Å²) in [5.74, 6) is 0.0734. The Morgan fingerprint density at radius 3 is 2.32 bits per heavy atom. The number of hydrogen-bond acceptors (Lipinski definition) is 5. The van der Waals surface area contributed by atoms with E-state index in [0.717, 1.165) is 11.1 Å². The first-order valence-corrected chi connectivity index (χ1v) is 11.0. The van der Waals surface area contributed by atoms with Crippen LogP contribution in [0.25, 0.3) is 0 Å². The van der Waals surface area contributed by atoms with Gasteiger partial charge in [-0.05, 0) is 41.8 Å². The molecule has 34 heavy (non-hydrogen) atoms. The average molecular weight is 457 g/mol. The number of pyridine rings is 1. The van der Waals surface area contributed by atoms with Gasteiger partial charge in [0.25, 0.3) is 11.8 Å². The van der Waals surface area contributed by atoms with Gasteiger partial charge in [-0.2, -0.15) is 0 Å². The molecule has 0 aliphatic heterocycles. The van der Waals surface area contributed by atoms with E-state index in [-0.39, 0.29) is 24.5 Å². The molecule has 7 heteroatoms. The summed E-state index contributed by atoms with van der Waals surface area (Å²) in [6, 6.07) is 19.7. The number of hydrogen-bond donors (Lipinski definition) is 3. The Balaban J connectivity index is 1.52. The van der Waals surface area contributed by atoms with Gasteiger partial charge < -0.3 is 15.7 Å². The molecule has 0 saturated carbocycles. The summed E-state index contributed by atoms with van der Waals surface area (Å²) in [7, 11) is 0. The predicted molar refractivity (Wildman–Crippen MR) is 133 cm³/mol. The van der Waals surface area contributed by atoms with E-state index in [1.165, 1.54) is 6.20 Å². The van der Waals surface area contributed by atoms with Crippen molar-refractivity contribution < 1.29 is 14.7 Å². The zero-order chi connectivity index (χ0) is 24.2. The van der Waals surface area contributed by atoms with Crippen molar-refractivity contribution in [3.63, 3.8) is 0 Å². The number of nitrogens with one attached hydrogen (secondary N) is 2. The molecule has 0 radical (unpaired) electrons. The lowest BCUT2D eigenvalue weighted by Gasteiger charge is -2.15. The maximum atomic E-state index is 12.5. The number of rotatable bonds is 11. The predicted octanol–water partition coefficient (Wildman–Crippen LogP) is 3.97. The summed E-state index contributed by atoms with van der Waals surface area (Å²) < 4.78 is 0. The van der Waals surface area contributed by atoms with Crippen LogP contribution in [0.15, 0.2) is 90.6 Å². The monoisotopic (exact) mass is 456 g/mol. The SMILES string of the molecule is C=CCC(CC=Nc1ccc(C(=O)NCc2ccccc2)cn1)NC(=O)c1ccc(CO)cc1. The van der Waals surface area contributed by atoms with Crippen LogP contribution in [0, 0.1) is 0 Å². The maximum Gasteiger partial charge on any atom is 0.253 e. The topological polar surface area (TPSA) is 104 Å². The summed E-state index contributed by atoms with van der Waals surface area (Å²) in [5, 5.41) is 15.0. The highest BCUT2D eigenvalue weighted by atomic mass is 16.3. The molecule has 0 aliphatic carbocycles. The van der Waals surface area contributed by atoms with E-state index in [9.17, 15) is 9.59 Å². The van der Waals surface area contributed by atoms with Crippen LogP contribution in [0.2, 0.25) is 0 Å². The summed E-state index contributed by atoms with van der Waals surface area (Å²) >= 11 is 0. The molecule has 3 rings (SSSR count). The van der Waals surface area contributed by atoms with Gasteiger partial charge in [0, 0.05) is 37.0 Å². The second-order valence-corrected chi connectivity index (χ2v) is 7.67. The van der Waals surface area contributed by atoms with Crippen molar-refractivity contribution in [2.45, 2.75) is 32.0 Å². The van der Waals surface area contributed by atoms with Gasteiger partial charge in [0.2, 0.25) is 0 Å². The second-order valence-electron chi connectivity index (χ2n) is 7.67. The van der Waals surface area contributed by atoms with E-state index in [4.69, 9.17) is 5.11 Å². The quantitative estimate of drug-likeness (QED) is 0.300. The Bertz CT molecular complexity index is 1110. The number of aliphatic imine (C=N–C) groups is 1.